The van der Waals surface area contributed by atoms with Crippen molar-refractivity contribution in [3.05, 3.63) is 11.6 Å². The Hall–Kier alpha value is -1.66. The molecule has 0 bridgehead atoms. The molecule has 0 aromatic rings. The molecule has 15 heavy (non-hydrogen) atoms. The molecule has 0 spiro atoms. The Morgan fingerprint density at radius 1 is 1.40 bits per heavy atom. The Kier molecular flexibility index (Phi) is 2.65. The number of halogens is 3. The molecule has 0 radical (unpaired) electrons. The average Bonchev–Trinajstić information content (AvgIpc) is 2.23. The van der Waals surface area contributed by atoms with E-state index in [4.69, 9.17) is 0 Å². The van der Waals surface area contributed by atoms with E-state index in [2.05, 4.69) is 0 Å². The van der Waals surface area contributed by atoms with Gasteiger partial charge in [0.1, 0.15) is 0 Å². The summed E-state index contributed by atoms with van der Waals surface area (Å²) in [6.07, 6.45) is -5.60. The van der Waals surface area contributed by atoms with Crippen LogP contribution < -0.4 is 0 Å². The van der Waals surface area contributed by atoms with Crippen LogP contribution in [0.2, 0.25) is 0 Å². The minimum absolute atomic E-state index is 0.206. The predicted molar refractivity (Wildman–Crippen MR) is 41.3 cm³/mol. The summed E-state index contributed by atoms with van der Waals surface area (Å²) < 4.78 is 35.7. The highest BCUT2D eigenvalue weighted by Crippen LogP contribution is 2.25. The lowest BCUT2D eigenvalue weighted by Gasteiger charge is -2.06. The fourth-order valence-corrected chi connectivity index (χ4v) is 1.20. The summed E-state index contributed by atoms with van der Waals surface area (Å²) in [6.45, 7) is 0.937. The Morgan fingerprint density at radius 3 is 2.27 bits per heavy atom. The van der Waals surface area contributed by atoms with Gasteiger partial charge in [-0.1, -0.05) is 0 Å². The smallest absolute Gasteiger partial charge is 0.274 e. The van der Waals surface area contributed by atoms with E-state index in [0.29, 0.717) is 0 Å². The van der Waals surface area contributed by atoms with Gasteiger partial charge >= 0.3 is 6.18 Å². The molecule has 0 aromatic carbocycles. The first-order valence-electron chi connectivity index (χ1n) is 3.88. The van der Waals surface area contributed by atoms with Crippen LogP contribution in [0.1, 0.15) is 13.3 Å². The monoisotopic (exact) mass is 221 g/mol. The topological polar surface area (TPSA) is 54.5 Å². The zero-order chi connectivity index (χ0) is 11.8. The maximum absolute atomic E-state index is 11.9. The van der Waals surface area contributed by atoms with Crippen molar-refractivity contribution in [3.8, 4) is 0 Å². The SMILES string of the molecule is CC(=O)N1C(=O)C/C(=C/C(F)(F)F)C1=O. The fourth-order valence-electron chi connectivity index (χ4n) is 1.20. The number of amides is 3. The van der Waals surface area contributed by atoms with Gasteiger partial charge in [-0.2, -0.15) is 13.2 Å². The van der Waals surface area contributed by atoms with Crippen molar-refractivity contribution >= 4 is 17.7 Å². The lowest BCUT2D eigenvalue weighted by Crippen LogP contribution is -2.33. The van der Waals surface area contributed by atoms with Crippen molar-refractivity contribution in [2.24, 2.45) is 0 Å². The Morgan fingerprint density at radius 2 is 1.93 bits per heavy atom. The van der Waals surface area contributed by atoms with Crippen LogP contribution in [-0.4, -0.2) is 28.8 Å². The number of alkyl halides is 3. The summed E-state index contributed by atoms with van der Waals surface area (Å²) in [4.78, 5) is 33.1. The van der Waals surface area contributed by atoms with Crippen LogP contribution in [0, 0.1) is 0 Å². The molecule has 7 heteroatoms. The van der Waals surface area contributed by atoms with Gasteiger partial charge in [-0.3, -0.25) is 14.4 Å². The molecule has 0 atom stereocenters. The number of allylic oxidation sites excluding steroid dienone is 1. The van der Waals surface area contributed by atoms with Gasteiger partial charge in [0, 0.05) is 18.6 Å². The summed E-state index contributed by atoms with van der Waals surface area (Å²) in [5.74, 6) is -3.00. The summed E-state index contributed by atoms with van der Waals surface area (Å²) in [7, 11) is 0. The van der Waals surface area contributed by atoms with Crippen LogP contribution in [0.3, 0.4) is 0 Å². The zero-order valence-corrected chi connectivity index (χ0v) is 7.59. The van der Waals surface area contributed by atoms with E-state index in [9.17, 15) is 27.6 Å². The molecule has 0 unspecified atom stereocenters. The first kappa shape index (κ1) is 11.4. The molecule has 1 fully saturated rings. The molecular weight excluding hydrogens is 215 g/mol. The number of hydrogen-bond donors (Lipinski definition) is 0. The third kappa shape index (κ3) is 2.42. The number of carbonyl (C=O) groups is 3. The maximum atomic E-state index is 11.9. The molecule has 0 N–H and O–H groups in total. The van der Waals surface area contributed by atoms with Gasteiger partial charge < -0.3 is 0 Å². The predicted octanol–water partition coefficient (Wildman–Crippen LogP) is 0.781. The lowest BCUT2D eigenvalue weighted by molar-refractivity contribution is -0.147. The Balaban J connectivity index is 3.02. The molecule has 1 aliphatic rings. The highest BCUT2D eigenvalue weighted by atomic mass is 19.4. The number of carbonyl (C=O) groups excluding carboxylic acids is 3. The minimum Gasteiger partial charge on any atom is -0.274 e. The van der Waals surface area contributed by atoms with E-state index in [0.717, 1.165) is 6.92 Å². The largest absolute Gasteiger partial charge is 0.410 e. The summed E-state index contributed by atoms with van der Waals surface area (Å²) in [6, 6.07) is 0. The average molecular weight is 221 g/mol. The molecule has 0 saturated carbocycles. The number of hydrogen-bond acceptors (Lipinski definition) is 3. The fraction of sp³-hybridized carbons (Fsp3) is 0.375. The molecule has 0 aromatic heterocycles. The number of nitrogens with zero attached hydrogens (tertiary/aromatic N) is 1. The van der Waals surface area contributed by atoms with Crippen molar-refractivity contribution in [2.75, 3.05) is 0 Å². The maximum Gasteiger partial charge on any atom is 0.410 e. The molecule has 1 saturated heterocycles. The standard InChI is InChI=1S/C8H6F3NO3/c1-4(13)12-6(14)2-5(7(12)15)3-8(9,10)11/h3H,2H2,1H3/b5-3-. The number of rotatable bonds is 0. The Labute approximate surface area is 82.3 Å². The van der Waals surface area contributed by atoms with Gasteiger partial charge in [0.15, 0.2) is 0 Å². The van der Waals surface area contributed by atoms with E-state index in [1.54, 1.807) is 0 Å². The van der Waals surface area contributed by atoms with Crippen molar-refractivity contribution in [3.63, 3.8) is 0 Å². The second-order valence-electron chi connectivity index (χ2n) is 2.94. The van der Waals surface area contributed by atoms with Crippen molar-refractivity contribution < 1.29 is 27.6 Å². The normalized spacial score (nSPS) is 20.3. The van der Waals surface area contributed by atoms with Crippen molar-refractivity contribution in [1.29, 1.82) is 0 Å². The van der Waals surface area contributed by atoms with Crippen LogP contribution in [0.4, 0.5) is 13.2 Å². The summed E-state index contributed by atoms with van der Waals surface area (Å²) in [5.41, 5.74) is -0.706. The second-order valence-corrected chi connectivity index (χ2v) is 2.94. The first-order valence-corrected chi connectivity index (χ1v) is 3.88. The van der Waals surface area contributed by atoms with Crippen LogP contribution in [-0.2, 0) is 14.4 Å². The molecule has 1 heterocycles. The van der Waals surface area contributed by atoms with E-state index in [1.807, 2.05) is 0 Å². The minimum atomic E-state index is -4.67. The number of likely N-dealkylation sites (tertiary alicyclic amines) is 1. The van der Waals surface area contributed by atoms with Gasteiger partial charge in [-0.15, -0.1) is 0 Å². The van der Waals surface area contributed by atoms with Crippen LogP contribution in [0.15, 0.2) is 11.6 Å². The molecular formula is C8H6F3NO3. The molecule has 1 aliphatic heterocycles. The number of imide groups is 3. The van der Waals surface area contributed by atoms with Crippen LogP contribution >= 0.6 is 0 Å². The quantitative estimate of drug-likeness (QED) is 0.448. The van der Waals surface area contributed by atoms with Crippen LogP contribution in [0.5, 0.6) is 0 Å². The molecule has 4 nitrogen and oxygen atoms in total. The van der Waals surface area contributed by atoms with E-state index in [-0.39, 0.29) is 11.0 Å². The van der Waals surface area contributed by atoms with Gasteiger partial charge in [-0.05, 0) is 0 Å². The third-order valence-corrected chi connectivity index (χ3v) is 1.72. The molecule has 3 amide bonds. The highest BCUT2D eigenvalue weighted by molar-refractivity contribution is 6.22. The zero-order valence-electron chi connectivity index (χ0n) is 7.59. The van der Waals surface area contributed by atoms with E-state index in [1.165, 1.54) is 0 Å². The highest BCUT2D eigenvalue weighted by Gasteiger charge is 2.39. The van der Waals surface area contributed by atoms with E-state index >= 15 is 0 Å². The Bertz CT molecular complexity index is 370. The summed E-state index contributed by atoms with van der Waals surface area (Å²) >= 11 is 0. The first-order chi connectivity index (χ1) is 6.72. The van der Waals surface area contributed by atoms with Crippen molar-refractivity contribution in [2.45, 2.75) is 19.5 Å². The molecule has 82 valence electrons. The molecule has 0 aliphatic carbocycles. The van der Waals surface area contributed by atoms with E-state index < -0.39 is 35.9 Å². The van der Waals surface area contributed by atoms with Crippen LogP contribution in [0.25, 0.3) is 0 Å². The third-order valence-electron chi connectivity index (χ3n) is 1.72. The lowest BCUT2D eigenvalue weighted by atomic mass is 10.2. The molecule has 1 rings (SSSR count). The van der Waals surface area contributed by atoms with Gasteiger partial charge in [0.25, 0.3) is 5.91 Å². The van der Waals surface area contributed by atoms with Gasteiger partial charge in [-0.25, -0.2) is 4.90 Å². The van der Waals surface area contributed by atoms with Crippen molar-refractivity contribution in [1.82, 2.24) is 4.90 Å². The second kappa shape index (κ2) is 3.48. The van der Waals surface area contributed by atoms with Gasteiger partial charge in [0.2, 0.25) is 11.8 Å². The van der Waals surface area contributed by atoms with Gasteiger partial charge in [0.05, 0.1) is 6.42 Å². The summed E-state index contributed by atoms with van der Waals surface area (Å²) in [5, 5.41) is 0.